The molecular weight excluding hydrogens is 310 g/mol. The lowest BCUT2D eigenvalue weighted by molar-refractivity contribution is -0.385. The highest BCUT2D eigenvalue weighted by Gasteiger charge is 2.18. The lowest BCUT2D eigenvalue weighted by atomic mass is 10.1. The monoisotopic (exact) mass is 327 g/mol. The van der Waals surface area contributed by atoms with Gasteiger partial charge in [0.1, 0.15) is 0 Å². The average molecular weight is 328 g/mol. The van der Waals surface area contributed by atoms with E-state index in [1.165, 1.54) is 25.3 Å². The number of nitro benzene ring substituents is 1. The van der Waals surface area contributed by atoms with E-state index in [0.717, 1.165) is 25.1 Å². The zero-order chi connectivity index (χ0) is 15.2. The van der Waals surface area contributed by atoms with Crippen molar-refractivity contribution in [1.82, 2.24) is 10.6 Å². The molecule has 1 aliphatic heterocycles. The van der Waals surface area contributed by atoms with Gasteiger partial charge in [0.25, 0.3) is 5.91 Å². The fourth-order valence-electron chi connectivity index (χ4n) is 2.10. The summed E-state index contributed by atoms with van der Waals surface area (Å²) in [5, 5.41) is 16.9. The first-order valence-electron chi connectivity index (χ1n) is 6.61. The summed E-state index contributed by atoms with van der Waals surface area (Å²) in [4.78, 5) is 22.4. The molecule has 0 saturated heterocycles. The summed E-state index contributed by atoms with van der Waals surface area (Å²) in [6.07, 6.45) is 2.93. The minimum atomic E-state index is -0.565. The summed E-state index contributed by atoms with van der Waals surface area (Å²) in [6, 6.07) is 4.17. The lowest BCUT2D eigenvalue weighted by Crippen LogP contribution is -2.29. The van der Waals surface area contributed by atoms with Crippen LogP contribution < -0.4 is 15.4 Å². The molecule has 0 aliphatic carbocycles. The molecule has 1 amide bonds. The molecule has 2 N–H and O–H groups in total. The van der Waals surface area contributed by atoms with Crippen LogP contribution in [0.2, 0.25) is 0 Å². The fourth-order valence-corrected chi connectivity index (χ4v) is 2.10. The number of ether oxygens (including phenoxy) is 1. The quantitative estimate of drug-likeness (QED) is 0.487. The van der Waals surface area contributed by atoms with Gasteiger partial charge in [0.15, 0.2) is 5.75 Å². The fraction of sp³-hybridized carbons (Fsp3) is 0.357. The van der Waals surface area contributed by atoms with E-state index in [-0.39, 0.29) is 35.3 Å². The number of nitro groups is 1. The molecule has 22 heavy (non-hydrogen) atoms. The van der Waals surface area contributed by atoms with Gasteiger partial charge in [-0.3, -0.25) is 14.9 Å². The Morgan fingerprint density at radius 1 is 1.50 bits per heavy atom. The molecule has 0 atom stereocenters. The van der Waals surface area contributed by atoms with Gasteiger partial charge in [-0.15, -0.1) is 12.4 Å². The van der Waals surface area contributed by atoms with Gasteiger partial charge in [-0.1, -0.05) is 11.6 Å². The van der Waals surface area contributed by atoms with E-state index in [0.29, 0.717) is 6.54 Å². The molecule has 1 aromatic carbocycles. The van der Waals surface area contributed by atoms with Gasteiger partial charge in [-0.05, 0) is 25.1 Å². The van der Waals surface area contributed by atoms with Crippen molar-refractivity contribution >= 4 is 24.0 Å². The second-order valence-electron chi connectivity index (χ2n) is 4.64. The van der Waals surface area contributed by atoms with Crippen LogP contribution in [0.4, 0.5) is 5.69 Å². The first-order valence-corrected chi connectivity index (χ1v) is 6.61. The molecule has 0 bridgehead atoms. The highest BCUT2D eigenvalue weighted by molar-refractivity contribution is 5.95. The van der Waals surface area contributed by atoms with Crippen LogP contribution in [0.1, 0.15) is 16.8 Å². The second kappa shape index (κ2) is 8.35. The van der Waals surface area contributed by atoms with Crippen LogP contribution in [0.15, 0.2) is 29.8 Å². The summed E-state index contributed by atoms with van der Waals surface area (Å²) in [5.74, 6) is -0.196. The first kappa shape index (κ1) is 17.9. The van der Waals surface area contributed by atoms with Crippen molar-refractivity contribution in [2.24, 2.45) is 0 Å². The van der Waals surface area contributed by atoms with E-state index in [1.807, 2.05) is 6.08 Å². The summed E-state index contributed by atoms with van der Waals surface area (Å²) in [5.41, 5.74) is 1.19. The molecule has 8 heteroatoms. The smallest absolute Gasteiger partial charge is 0.311 e. The summed E-state index contributed by atoms with van der Waals surface area (Å²) in [6.45, 7) is 2.16. The van der Waals surface area contributed by atoms with Gasteiger partial charge in [0.2, 0.25) is 0 Å². The largest absolute Gasteiger partial charge is 0.490 e. The van der Waals surface area contributed by atoms with Crippen LogP contribution in [-0.2, 0) is 0 Å². The predicted octanol–water partition coefficient (Wildman–Crippen LogP) is 1.67. The number of rotatable bonds is 5. The van der Waals surface area contributed by atoms with E-state index in [4.69, 9.17) is 4.74 Å². The maximum Gasteiger partial charge on any atom is 0.311 e. The third-order valence-corrected chi connectivity index (χ3v) is 3.27. The number of carbonyl (C=O) groups excluding carboxylic acids is 1. The Labute approximate surface area is 134 Å². The standard InChI is InChI=1S/C14H17N3O4.ClH/c1-21-13-3-2-11(8-12(13)17(19)20)14(18)16-9-10-4-6-15-7-5-10;/h2-4,8,15H,5-7,9H2,1H3,(H,16,18);1H. The van der Waals surface area contributed by atoms with Gasteiger partial charge in [-0.2, -0.15) is 0 Å². The van der Waals surface area contributed by atoms with E-state index in [1.54, 1.807) is 0 Å². The number of halogens is 1. The molecule has 1 aromatic rings. The van der Waals surface area contributed by atoms with Crippen molar-refractivity contribution in [3.63, 3.8) is 0 Å². The van der Waals surface area contributed by atoms with Gasteiger partial charge in [0, 0.05) is 24.7 Å². The van der Waals surface area contributed by atoms with Crippen molar-refractivity contribution in [2.45, 2.75) is 6.42 Å². The normalized spacial score (nSPS) is 13.6. The number of hydrogen-bond donors (Lipinski definition) is 2. The minimum Gasteiger partial charge on any atom is -0.490 e. The zero-order valence-corrected chi connectivity index (χ0v) is 12.9. The van der Waals surface area contributed by atoms with Crippen LogP contribution in [0.25, 0.3) is 0 Å². The second-order valence-corrected chi connectivity index (χ2v) is 4.64. The summed E-state index contributed by atoms with van der Waals surface area (Å²) >= 11 is 0. The summed E-state index contributed by atoms with van der Waals surface area (Å²) in [7, 11) is 1.35. The molecule has 7 nitrogen and oxygen atoms in total. The van der Waals surface area contributed by atoms with E-state index < -0.39 is 4.92 Å². The Morgan fingerprint density at radius 2 is 2.27 bits per heavy atom. The van der Waals surface area contributed by atoms with Crippen LogP contribution in [0.3, 0.4) is 0 Å². The van der Waals surface area contributed by atoms with Crippen LogP contribution in [0.5, 0.6) is 5.75 Å². The number of nitrogens with zero attached hydrogens (tertiary/aromatic N) is 1. The van der Waals surface area contributed by atoms with E-state index in [2.05, 4.69) is 10.6 Å². The van der Waals surface area contributed by atoms with Gasteiger partial charge in [-0.25, -0.2) is 0 Å². The molecule has 0 aromatic heterocycles. The maximum atomic E-state index is 12.0. The van der Waals surface area contributed by atoms with Crippen LogP contribution in [-0.4, -0.2) is 37.6 Å². The molecule has 0 spiro atoms. The zero-order valence-electron chi connectivity index (χ0n) is 12.1. The lowest BCUT2D eigenvalue weighted by Gasteiger charge is -2.14. The molecule has 0 saturated carbocycles. The van der Waals surface area contributed by atoms with Crippen molar-refractivity contribution in [2.75, 3.05) is 26.7 Å². The van der Waals surface area contributed by atoms with Crippen LogP contribution in [0, 0.1) is 10.1 Å². The molecule has 0 radical (unpaired) electrons. The van der Waals surface area contributed by atoms with Crippen molar-refractivity contribution in [3.05, 3.63) is 45.5 Å². The highest BCUT2D eigenvalue weighted by atomic mass is 35.5. The number of nitrogens with one attached hydrogen (secondary N) is 2. The third-order valence-electron chi connectivity index (χ3n) is 3.27. The number of carbonyl (C=O) groups is 1. The SMILES string of the molecule is COc1ccc(C(=O)NCC2=CCNCC2)cc1[N+](=O)[O-].Cl. The number of hydrogen-bond acceptors (Lipinski definition) is 5. The molecule has 1 aliphatic rings. The first-order chi connectivity index (χ1) is 10.1. The van der Waals surface area contributed by atoms with Gasteiger partial charge < -0.3 is 15.4 Å². The molecule has 0 unspecified atom stereocenters. The molecule has 120 valence electrons. The Hall–Kier alpha value is -2.12. The Kier molecular flexibility index (Phi) is 6.81. The van der Waals surface area contributed by atoms with E-state index >= 15 is 0 Å². The minimum absolute atomic E-state index is 0. The molecule has 2 rings (SSSR count). The topological polar surface area (TPSA) is 93.5 Å². The van der Waals surface area contributed by atoms with Crippen LogP contribution >= 0.6 is 12.4 Å². The Morgan fingerprint density at radius 3 is 2.86 bits per heavy atom. The summed E-state index contributed by atoms with van der Waals surface area (Å²) < 4.78 is 4.91. The number of methoxy groups -OCH3 is 1. The predicted molar refractivity (Wildman–Crippen MR) is 84.8 cm³/mol. The average Bonchev–Trinajstić information content (AvgIpc) is 2.52. The van der Waals surface area contributed by atoms with Crippen molar-refractivity contribution in [3.8, 4) is 5.75 Å². The molecule has 0 fully saturated rings. The van der Waals surface area contributed by atoms with Crippen molar-refractivity contribution < 1.29 is 14.5 Å². The maximum absolute atomic E-state index is 12.0. The Balaban J connectivity index is 0.00000242. The number of amides is 1. The highest BCUT2D eigenvalue weighted by Crippen LogP contribution is 2.27. The van der Waals surface area contributed by atoms with Gasteiger partial charge >= 0.3 is 5.69 Å². The Bertz CT molecular complexity index is 589. The van der Waals surface area contributed by atoms with E-state index in [9.17, 15) is 14.9 Å². The van der Waals surface area contributed by atoms with Gasteiger partial charge in [0.05, 0.1) is 12.0 Å². The molecule has 1 heterocycles. The third kappa shape index (κ3) is 4.44. The number of benzene rings is 1. The molecular formula is C14H18ClN3O4. The van der Waals surface area contributed by atoms with Crippen molar-refractivity contribution in [1.29, 1.82) is 0 Å².